The standard InChI is InChI=1S/C14H26N2O3/c15-11-14(5-3-1-2-4-6-14)13(18)16-7-8-19-10-12(16)9-17/h12,17H,1-11,15H2. The fraction of sp³-hybridized carbons (Fsp3) is 0.929. The van der Waals surface area contributed by atoms with Crippen molar-refractivity contribution in [2.75, 3.05) is 32.9 Å². The Labute approximate surface area is 115 Å². The molecule has 1 saturated heterocycles. The number of hydrogen-bond donors (Lipinski definition) is 2. The van der Waals surface area contributed by atoms with Gasteiger partial charge in [0.15, 0.2) is 0 Å². The largest absolute Gasteiger partial charge is 0.394 e. The number of nitrogens with zero attached hydrogens (tertiary/aromatic N) is 1. The van der Waals surface area contributed by atoms with Crippen LogP contribution in [0.15, 0.2) is 0 Å². The van der Waals surface area contributed by atoms with Crippen LogP contribution in [0.4, 0.5) is 0 Å². The van der Waals surface area contributed by atoms with E-state index >= 15 is 0 Å². The van der Waals surface area contributed by atoms with E-state index in [1.165, 1.54) is 12.8 Å². The Hall–Kier alpha value is -0.650. The maximum atomic E-state index is 12.9. The van der Waals surface area contributed by atoms with Crippen molar-refractivity contribution < 1.29 is 14.6 Å². The second-order valence-corrected chi connectivity index (χ2v) is 5.81. The average molecular weight is 270 g/mol. The number of rotatable bonds is 3. The predicted molar refractivity (Wildman–Crippen MR) is 72.6 cm³/mol. The Morgan fingerprint density at radius 1 is 1.32 bits per heavy atom. The number of aliphatic hydroxyl groups is 1. The molecule has 1 aliphatic heterocycles. The first kappa shape index (κ1) is 14.8. The van der Waals surface area contributed by atoms with E-state index in [-0.39, 0.29) is 18.6 Å². The first-order chi connectivity index (χ1) is 9.23. The van der Waals surface area contributed by atoms with Crippen molar-refractivity contribution in [2.24, 2.45) is 11.1 Å². The quantitative estimate of drug-likeness (QED) is 0.733. The van der Waals surface area contributed by atoms with Crippen molar-refractivity contribution in [3.8, 4) is 0 Å². The molecule has 1 aliphatic carbocycles. The van der Waals surface area contributed by atoms with Crippen LogP contribution < -0.4 is 5.73 Å². The molecule has 110 valence electrons. The maximum absolute atomic E-state index is 12.9. The molecular weight excluding hydrogens is 244 g/mol. The monoisotopic (exact) mass is 270 g/mol. The minimum absolute atomic E-state index is 0.0353. The molecule has 0 aromatic heterocycles. The minimum Gasteiger partial charge on any atom is -0.394 e. The molecule has 0 radical (unpaired) electrons. The highest BCUT2D eigenvalue weighted by Gasteiger charge is 2.42. The Morgan fingerprint density at radius 2 is 2.00 bits per heavy atom. The Bertz CT molecular complexity index is 301. The SMILES string of the molecule is NCC1(C(=O)N2CCOCC2CO)CCCCCC1. The summed E-state index contributed by atoms with van der Waals surface area (Å²) in [6.45, 7) is 1.95. The molecule has 1 atom stereocenters. The molecule has 3 N–H and O–H groups in total. The molecule has 0 aromatic rings. The van der Waals surface area contributed by atoms with Crippen LogP contribution in [0.2, 0.25) is 0 Å². The van der Waals surface area contributed by atoms with Crippen LogP contribution in [-0.2, 0) is 9.53 Å². The van der Waals surface area contributed by atoms with Gasteiger partial charge in [0.25, 0.3) is 0 Å². The number of amides is 1. The number of aliphatic hydroxyl groups excluding tert-OH is 1. The van der Waals surface area contributed by atoms with E-state index in [9.17, 15) is 9.90 Å². The van der Waals surface area contributed by atoms with Gasteiger partial charge in [0.1, 0.15) is 0 Å². The van der Waals surface area contributed by atoms with Crippen LogP contribution in [0.1, 0.15) is 38.5 Å². The molecule has 0 bridgehead atoms. The van der Waals surface area contributed by atoms with Gasteiger partial charge >= 0.3 is 0 Å². The molecule has 2 fully saturated rings. The van der Waals surface area contributed by atoms with E-state index in [1.54, 1.807) is 0 Å². The highest BCUT2D eigenvalue weighted by atomic mass is 16.5. The zero-order chi connectivity index (χ0) is 13.7. The van der Waals surface area contributed by atoms with Gasteiger partial charge in [0, 0.05) is 13.1 Å². The summed E-state index contributed by atoms with van der Waals surface area (Å²) in [7, 11) is 0. The minimum atomic E-state index is -0.402. The number of carbonyl (C=O) groups is 1. The van der Waals surface area contributed by atoms with Crippen LogP contribution in [0, 0.1) is 5.41 Å². The van der Waals surface area contributed by atoms with Gasteiger partial charge in [0.2, 0.25) is 5.91 Å². The molecule has 1 amide bonds. The number of hydrogen-bond acceptors (Lipinski definition) is 4. The second kappa shape index (κ2) is 6.68. The first-order valence-corrected chi connectivity index (χ1v) is 7.43. The fourth-order valence-electron chi connectivity index (χ4n) is 3.29. The van der Waals surface area contributed by atoms with Crippen LogP contribution in [0.3, 0.4) is 0 Å². The van der Waals surface area contributed by atoms with E-state index in [2.05, 4.69) is 0 Å². The third kappa shape index (κ3) is 3.09. The molecule has 5 heteroatoms. The lowest BCUT2D eigenvalue weighted by molar-refractivity contribution is -0.153. The molecule has 2 rings (SSSR count). The van der Waals surface area contributed by atoms with E-state index < -0.39 is 5.41 Å². The maximum Gasteiger partial charge on any atom is 0.230 e. The third-order valence-corrected chi connectivity index (χ3v) is 4.60. The molecule has 1 unspecified atom stereocenters. The summed E-state index contributed by atoms with van der Waals surface area (Å²) >= 11 is 0. The molecule has 5 nitrogen and oxygen atoms in total. The smallest absolute Gasteiger partial charge is 0.230 e. The van der Waals surface area contributed by atoms with Crippen LogP contribution >= 0.6 is 0 Å². The zero-order valence-electron chi connectivity index (χ0n) is 11.6. The van der Waals surface area contributed by atoms with Gasteiger partial charge in [-0.3, -0.25) is 4.79 Å². The Balaban J connectivity index is 2.13. The van der Waals surface area contributed by atoms with E-state index in [0.717, 1.165) is 25.7 Å². The third-order valence-electron chi connectivity index (χ3n) is 4.60. The van der Waals surface area contributed by atoms with Gasteiger partial charge in [0.05, 0.1) is 31.3 Å². The van der Waals surface area contributed by atoms with E-state index in [1.807, 2.05) is 4.90 Å². The Morgan fingerprint density at radius 3 is 2.58 bits per heavy atom. The van der Waals surface area contributed by atoms with Crippen molar-refractivity contribution in [1.29, 1.82) is 0 Å². The van der Waals surface area contributed by atoms with Gasteiger partial charge in [-0.1, -0.05) is 25.7 Å². The van der Waals surface area contributed by atoms with Crippen LogP contribution in [0.5, 0.6) is 0 Å². The highest BCUT2D eigenvalue weighted by Crippen LogP contribution is 2.36. The normalized spacial score (nSPS) is 27.9. The Kier molecular flexibility index (Phi) is 5.19. The topological polar surface area (TPSA) is 75.8 Å². The molecule has 2 aliphatic rings. The molecule has 1 heterocycles. The number of ether oxygens (including phenoxy) is 1. The van der Waals surface area contributed by atoms with Crippen molar-refractivity contribution in [2.45, 2.75) is 44.6 Å². The molecule has 19 heavy (non-hydrogen) atoms. The lowest BCUT2D eigenvalue weighted by atomic mass is 9.78. The summed E-state index contributed by atoms with van der Waals surface area (Å²) in [4.78, 5) is 14.7. The van der Waals surface area contributed by atoms with Crippen molar-refractivity contribution in [1.82, 2.24) is 4.90 Å². The van der Waals surface area contributed by atoms with Gasteiger partial charge in [-0.15, -0.1) is 0 Å². The molecule has 1 saturated carbocycles. The van der Waals surface area contributed by atoms with Gasteiger partial charge < -0.3 is 20.5 Å². The van der Waals surface area contributed by atoms with Crippen molar-refractivity contribution in [3.05, 3.63) is 0 Å². The lowest BCUT2D eigenvalue weighted by Crippen LogP contribution is -2.57. The number of nitrogens with two attached hydrogens (primary N) is 1. The summed E-state index contributed by atoms with van der Waals surface area (Å²) < 4.78 is 5.35. The van der Waals surface area contributed by atoms with E-state index in [4.69, 9.17) is 10.5 Å². The fourth-order valence-corrected chi connectivity index (χ4v) is 3.29. The summed E-state index contributed by atoms with van der Waals surface area (Å²) in [5, 5.41) is 9.42. The number of morpholine rings is 1. The lowest BCUT2D eigenvalue weighted by Gasteiger charge is -2.41. The van der Waals surface area contributed by atoms with Crippen molar-refractivity contribution in [3.63, 3.8) is 0 Å². The highest BCUT2D eigenvalue weighted by molar-refractivity contribution is 5.83. The van der Waals surface area contributed by atoms with E-state index in [0.29, 0.717) is 26.3 Å². The molecule has 0 spiro atoms. The summed E-state index contributed by atoms with van der Waals surface area (Å²) in [6.07, 6.45) is 6.33. The van der Waals surface area contributed by atoms with Crippen LogP contribution in [-0.4, -0.2) is 54.9 Å². The molecular formula is C14H26N2O3. The summed E-state index contributed by atoms with van der Waals surface area (Å²) in [5.41, 5.74) is 5.56. The van der Waals surface area contributed by atoms with Gasteiger partial charge in [-0.25, -0.2) is 0 Å². The average Bonchev–Trinajstić information content (AvgIpc) is 2.72. The zero-order valence-corrected chi connectivity index (χ0v) is 11.6. The van der Waals surface area contributed by atoms with Gasteiger partial charge in [-0.2, -0.15) is 0 Å². The van der Waals surface area contributed by atoms with Crippen molar-refractivity contribution >= 4 is 5.91 Å². The summed E-state index contributed by atoms with van der Waals surface area (Å²) in [5.74, 6) is 0.138. The number of carbonyl (C=O) groups excluding carboxylic acids is 1. The predicted octanol–water partition coefficient (Wildman–Crippen LogP) is 0.505. The summed E-state index contributed by atoms with van der Waals surface area (Å²) in [6, 6.07) is -0.201. The van der Waals surface area contributed by atoms with Crippen LogP contribution in [0.25, 0.3) is 0 Å². The van der Waals surface area contributed by atoms with Gasteiger partial charge in [-0.05, 0) is 12.8 Å². The molecule has 0 aromatic carbocycles. The second-order valence-electron chi connectivity index (χ2n) is 5.81. The first-order valence-electron chi connectivity index (χ1n) is 7.43.